The highest BCUT2D eigenvalue weighted by molar-refractivity contribution is 5.89. The molecular formula is C8H14N2O. The van der Waals surface area contributed by atoms with Gasteiger partial charge in [-0.1, -0.05) is 6.92 Å². The van der Waals surface area contributed by atoms with E-state index in [0.29, 0.717) is 6.42 Å². The van der Waals surface area contributed by atoms with Crippen molar-refractivity contribution in [2.24, 2.45) is 4.99 Å². The first kappa shape index (κ1) is 9.88. The maximum Gasteiger partial charge on any atom is 0.156 e. The first-order valence-electron chi connectivity index (χ1n) is 3.56. The molecule has 0 aliphatic carbocycles. The number of ketones is 1. The number of carbonyl (C=O) groups is 1. The molecule has 0 aromatic rings. The highest BCUT2D eigenvalue weighted by atomic mass is 16.1. The van der Waals surface area contributed by atoms with Gasteiger partial charge in [0, 0.05) is 26.7 Å². The van der Waals surface area contributed by atoms with Crippen molar-refractivity contribution in [2.75, 3.05) is 14.1 Å². The van der Waals surface area contributed by atoms with Gasteiger partial charge in [-0.15, -0.1) is 0 Å². The van der Waals surface area contributed by atoms with Crippen molar-refractivity contribution in [1.82, 2.24) is 4.90 Å². The molecule has 11 heavy (non-hydrogen) atoms. The van der Waals surface area contributed by atoms with Crippen LogP contribution in [0.2, 0.25) is 0 Å². The Kier molecular flexibility index (Phi) is 5.07. The third kappa shape index (κ3) is 5.33. The fourth-order valence-corrected chi connectivity index (χ4v) is 0.539. The van der Waals surface area contributed by atoms with E-state index in [4.69, 9.17) is 0 Å². The number of carbonyl (C=O) groups excluding carboxylic acids is 1. The average molecular weight is 154 g/mol. The first-order valence-corrected chi connectivity index (χ1v) is 3.56. The van der Waals surface area contributed by atoms with E-state index in [0.717, 1.165) is 0 Å². The molecule has 0 rings (SSSR count). The van der Waals surface area contributed by atoms with E-state index < -0.39 is 0 Å². The summed E-state index contributed by atoms with van der Waals surface area (Å²) < 4.78 is 0. The summed E-state index contributed by atoms with van der Waals surface area (Å²) >= 11 is 0. The molecule has 0 saturated carbocycles. The summed E-state index contributed by atoms with van der Waals surface area (Å²) in [7, 11) is 3.51. The summed E-state index contributed by atoms with van der Waals surface area (Å²) in [6, 6.07) is 0. The van der Waals surface area contributed by atoms with Crippen LogP contribution in [-0.4, -0.2) is 31.1 Å². The number of allylic oxidation sites excluding steroid dienone is 1. The van der Waals surface area contributed by atoms with Gasteiger partial charge in [0.15, 0.2) is 5.78 Å². The van der Waals surface area contributed by atoms with Gasteiger partial charge in [-0.25, -0.2) is 0 Å². The summed E-state index contributed by atoms with van der Waals surface area (Å²) in [4.78, 5) is 16.3. The molecule has 0 N–H and O–H groups in total. The lowest BCUT2D eigenvalue weighted by molar-refractivity contribution is -0.114. The Labute approximate surface area is 67.4 Å². The minimum absolute atomic E-state index is 0.126. The Morgan fingerprint density at radius 3 is 2.73 bits per heavy atom. The van der Waals surface area contributed by atoms with Crippen molar-refractivity contribution in [3.05, 3.63) is 12.3 Å². The van der Waals surface area contributed by atoms with Crippen LogP contribution in [0.5, 0.6) is 0 Å². The van der Waals surface area contributed by atoms with E-state index in [2.05, 4.69) is 4.99 Å². The Bertz CT molecular complexity index is 173. The lowest BCUT2D eigenvalue weighted by Gasteiger charge is -2.03. The maximum absolute atomic E-state index is 10.8. The van der Waals surface area contributed by atoms with E-state index in [1.165, 1.54) is 0 Å². The van der Waals surface area contributed by atoms with Crippen molar-refractivity contribution in [3.8, 4) is 0 Å². The highest BCUT2D eigenvalue weighted by Gasteiger charge is 1.89. The van der Waals surface area contributed by atoms with Gasteiger partial charge in [-0.3, -0.25) is 9.79 Å². The highest BCUT2D eigenvalue weighted by Crippen LogP contribution is 1.85. The molecule has 0 aromatic carbocycles. The smallest absolute Gasteiger partial charge is 0.156 e. The predicted molar refractivity (Wildman–Crippen MR) is 46.6 cm³/mol. The van der Waals surface area contributed by atoms with Crippen LogP contribution in [0.25, 0.3) is 0 Å². The lowest BCUT2D eigenvalue weighted by atomic mass is 10.3. The van der Waals surface area contributed by atoms with E-state index in [1.807, 2.05) is 14.0 Å². The van der Waals surface area contributed by atoms with Crippen molar-refractivity contribution < 1.29 is 4.79 Å². The normalized spacial score (nSPS) is 11.2. The van der Waals surface area contributed by atoms with Crippen LogP contribution >= 0.6 is 0 Å². The van der Waals surface area contributed by atoms with E-state index >= 15 is 0 Å². The second kappa shape index (κ2) is 5.65. The Balaban J connectivity index is 3.82. The van der Waals surface area contributed by atoms with Gasteiger partial charge >= 0.3 is 0 Å². The molecular weight excluding hydrogens is 140 g/mol. The monoisotopic (exact) mass is 154 g/mol. The molecule has 62 valence electrons. The largest absolute Gasteiger partial charge is 0.342 e. The molecule has 0 aromatic heterocycles. The van der Waals surface area contributed by atoms with Crippen molar-refractivity contribution >= 4 is 12.1 Å². The van der Waals surface area contributed by atoms with Crippen LogP contribution in [0.1, 0.15) is 13.3 Å². The zero-order chi connectivity index (χ0) is 8.69. The molecule has 0 radical (unpaired) electrons. The van der Waals surface area contributed by atoms with Crippen LogP contribution in [0.3, 0.4) is 0 Å². The fourth-order valence-electron chi connectivity index (χ4n) is 0.539. The molecule has 0 aliphatic heterocycles. The average Bonchev–Trinajstić information content (AvgIpc) is 2.01. The van der Waals surface area contributed by atoms with Gasteiger partial charge in [-0.2, -0.15) is 0 Å². The summed E-state index contributed by atoms with van der Waals surface area (Å²) in [6.07, 6.45) is 5.42. The Morgan fingerprint density at radius 1 is 1.64 bits per heavy atom. The zero-order valence-corrected chi connectivity index (χ0v) is 7.24. The quantitative estimate of drug-likeness (QED) is 0.344. The van der Waals surface area contributed by atoms with Crippen molar-refractivity contribution in [2.45, 2.75) is 13.3 Å². The molecule has 0 fully saturated rings. The van der Waals surface area contributed by atoms with Crippen LogP contribution in [0, 0.1) is 0 Å². The Morgan fingerprint density at radius 2 is 2.27 bits per heavy atom. The van der Waals surface area contributed by atoms with Crippen molar-refractivity contribution in [1.29, 1.82) is 0 Å². The fraction of sp³-hybridized carbons (Fsp3) is 0.500. The molecule has 0 aliphatic rings. The predicted octanol–water partition coefficient (Wildman–Crippen LogP) is 1.07. The number of aliphatic imine (C=N–C) groups is 1. The molecule has 0 amide bonds. The Hall–Kier alpha value is -1.12. The summed E-state index contributed by atoms with van der Waals surface area (Å²) in [5.74, 6) is 0.126. The summed E-state index contributed by atoms with van der Waals surface area (Å²) in [6.45, 7) is 1.83. The summed E-state index contributed by atoms with van der Waals surface area (Å²) in [5.41, 5.74) is 0. The number of hydrogen-bond acceptors (Lipinski definition) is 2. The molecule has 0 unspecified atom stereocenters. The molecule has 3 heteroatoms. The molecule has 3 nitrogen and oxygen atoms in total. The van der Waals surface area contributed by atoms with Crippen LogP contribution in [0.15, 0.2) is 17.3 Å². The van der Waals surface area contributed by atoms with Gasteiger partial charge in [-0.05, 0) is 6.08 Å². The minimum Gasteiger partial charge on any atom is -0.342 e. The molecule has 0 heterocycles. The second-order valence-corrected chi connectivity index (χ2v) is 2.17. The zero-order valence-electron chi connectivity index (χ0n) is 7.24. The molecule has 0 atom stereocenters. The number of hydrogen-bond donors (Lipinski definition) is 0. The van der Waals surface area contributed by atoms with Gasteiger partial charge in [0.05, 0.1) is 6.34 Å². The first-order chi connectivity index (χ1) is 5.20. The van der Waals surface area contributed by atoms with Gasteiger partial charge < -0.3 is 4.90 Å². The standard InChI is InChI=1S/C8H14N2O/c1-4-8(11)5-6-10(3)7-9-2/h5-7H,4H2,1-3H3. The maximum atomic E-state index is 10.8. The molecule has 0 saturated heterocycles. The number of rotatable bonds is 4. The minimum atomic E-state index is 0.126. The number of nitrogens with zero attached hydrogens (tertiary/aromatic N) is 2. The molecule has 0 bridgehead atoms. The van der Waals surface area contributed by atoms with Gasteiger partial charge in [0.2, 0.25) is 0 Å². The third-order valence-corrected chi connectivity index (χ3v) is 1.14. The van der Waals surface area contributed by atoms with E-state index in [1.54, 1.807) is 30.6 Å². The van der Waals surface area contributed by atoms with E-state index in [-0.39, 0.29) is 5.78 Å². The molecule has 0 spiro atoms. The van der Waals surface area contributed by atoms with Crippen LogP contribution in [0.4, 0.5) is 0 Å². The topological polar surface area (TPSA) is 32.7 Å². The van der Waals surface area contributed by atoms with Crippen LogP contribution in [-0.2, 0) is 4.79 Å². The van der Waals surface area contributed by atoms with Gasteiger partial charge in [0.1, 0.15) is 0 Å². The van der Waals surface area contributed by atoms with E-state index in [9.17, 15) is 4.79 Å². The van der Waals surface area contributed by atoms with Crippen molar-refractivity contribution in [3.63, 3.8) is 0 Å². The van der Waals surface area contributed by atoms with Crippen LogP contribution < -0.4 is 0 Å². The lowest BCUT2D eigenvalue weighted by Crippen LogP contribution is -2.07. The third-order valence-electron chi connectivity index (χ3n) is 1.14. The second-order valence-electron chi connectivity index (χ2n) is 2.17. The van der Waals surface area contributed by atoms with Gasteiger partial charge in [0.25, 0.3) is 0 Å². The SMILES string of the molecule is CCC(=O)C=CN(C)C=NC. The summed E-state index contributed by atoms with van der Waals surface area (Å²) in [5, 5.41) is 0.